The van der Waals surface area contributed by atoms with Gasteiger partial charge in [-0.25, -0.2) is 4.99 Å². The normalized spacial score (nSPS) is 17.0. The van der Waals surface area contributed by atoms with Gasteiger partial charge in [-0.1, -0.05) is 38.8 Å². The van der Waals surface area contributed by atoms with Crippen molar-refractivity contribution in [2.45, 2.75) is 46.6 Å². The van der Waals surface area contributed by atoms with Gasteiger partial charge in [0.25, 0.3) is 5.91 Å². The largest absolute Gasteiger partial charge is 0.357 e. The smallest absolute Gasteiger partial charge is 0.251 e. The van der Waals surface area contributed by atoms with E-state index >= 15 is 0 Å². The van der Waals surface area contributed by atoms with Gasteiger partial charge in [0.1, 0.15) is 0 Å². The van der Waals surface area contributed by atoms with E-state index in [-0.39, 0.29) is 29.9 Å². The number of nitrogens with one attached hydrogen (secondary N) is 2. The van der Waals surface area contributed by atoms with Crippen LogP contribution in [0.25, 0.3) is 0 Å². The number of aliphatic imine (C=N–C) groups is 1. The number of hydrogen-bond acceptors (Lipinski definition) is 2. The Labute approximate surface area is 181 Å². The molecule has 1 aromatic carbocycles. The van der Waals surface area contributed by atoms with E-state index < -0.39 is 0 Å². The molecule has 1 atom stereocenters. The van der Waals surface area contributed by atoms with Gasteiger partial charge in [0.15, 0.2) is 5.96 Å². The summed E-state index contributed by atoms with van der Waals surface area (Å²) in [6.45, 7) is 10.4. The van der Waals surface area contributed by atoms with E-state index in [2.05, 4.69) is 36.3 Å². The molecule has 5 nitrogen and oxygen atoms in total. The maximum atomic E-state index is 11.6. The van der Waals surface area contributed by atoms with Crippen LogP contribution in [-0.4, -0.2) is 43.4 Å². The van der Waals surface area contributed by atoms with Crippen LogP contribution in [0.2, 0.25) is 0 Å². The third kappa shape index (κ3) is 6.66. The molecule has 6 heteroatoms. The van der Waals surface area contributed by atoms with E-state index in [4.69, 9.17) is 4.99 Å². The van der Waals surface area contributed by atoms with E-state index in [9.17, 15) is 4.79 Å². The second-order valence-electron chi connectivity index (χ2n) is 7.02. The number of rotatable bonds is 7. The summed E-state index contributed by atoms with van der Waals surface area (Å²) in [6, 6.07) is 7.68. The molecule has 1 aliphatic rings. The molecule has 2 rings (SSSR count). The Morgan fingerprint density at radius 1 is 1.22 bits per heavy atom. The summed E-state index contributed by atoms with van der Waals surface area (Å²) >= 11 is 0. The second kappa shape index (κ2) is 12.2. The van der Waals surface area contributed by atoms with Crippen LogP contribution in [-0.2, 0) is 6.54 Å². The minimum Gasteiger partial charge on any atom is -0.357 e. The molecule has 27 heavy (non-hydrogen) atoms. The molecule has 1 unspecified atom stereocenters. The van der Waals surface area contributed by atoms with Crippen molar-refractivity contribution < 1.29 is 4.79 Å². The number of likely N-dealkylation sites (tertiary alicyclic amines) is 1. The Balaban J connectivity index is 0.00000364. The van der Waals surface area contributed by atoms with E-state index in [0.29, 0.717) is 12.1 Å². The molecule has 1 saturated heterocycles. The number of guanidine groups is 1. The number of carbonyl (C=O) groups excluding carboxylic acids is 1. The first-order chi connectivity index (χ1) is 12.6. The fraction of sp³-hybridized carbons (Fsp3) is 0.619. The quantitative estimate of drug-likeness (QED) is 0.350. The molecule has 2 N–H and O–H groups in total. The van der Waals surface area contributed by atoms with Crippen LogP contribution in [0.1, 0.15) is 56.0 Å². The van der Waals surface area contributed by atoms with Crippen LogP contribution in [0, 0.1) is 11.8 Å². The number of amides is 1. The Bertz CT molecular complexity index is 599. The summed E-state index contributed by atoms with van der Waals surface area (Å²) in [5.41, 5.74) is 1.79. The molecule has 1 fully saturated rings. The van der Waals surface area contributed by atoms with Crippen LogP contribution < -0.4 is 10.6 Å². The van der Waals surface area contributed by atoms with Gasteiger partial charge in [-0.3, -0.25) is 4.79 Å². The van der Waals surface area contributed by atoms with Crippen molar-refractivity contribution in [3.63, 3.8) is 0 Å². The Hall–Kier alpha value is -1.31. The van der Waals surface area contributed by atoms with Gasteiger partial charge in [-0.2, -0.15) is 0 Å². The summed E-state index contributed by atoms with van der Waals surface area (Å²) in [7, 11) is 1.65. The SMILES string of the molecule is CCNC(=NCc1ccc(C(=O)NC)cc1)N1CCC(C(CC)CC)C1.I. The minimum absolute atomic E-state index is 0. The molecule has 0 bridgehead atoms. The summed E-state index contributed by atoms with van der Waals surface area (Å²) in [5.74, 6) is 2.55. The van der Waals surface area contributed by atoms with Gasteiger partial charge in [0.2, 0.25) is 0 Å². The fourth-order valence-electron chi connectivity index (χ4n) is 3.82. The third-order valence-electron chi connectivity index (χ3n) is 5.43. The average Bonchev–Trinajstić information content (AvgIpc) is 3.15. The van der Waals surface area contributed by atoms with Crippen LogP contribution in [0.4, 0.5) is 0 Å². The fourth-order valence-corrected chi connectivity index (χ4v) is 3.82. The summed E-state index contributed by atoms with van der Waals surface area (Å²) in [6.07, 6.45) is 3.79. The van der Waals surface area contributed by atoms with Crippen molar-refractivity contribution in [1.82, 2.24) is 15.5 Å². The molecule has 0 aliphatic carbocycles. The van der Waals surface area contributed by atoms with Gasteiger partial charge in [-0.15, -0.1) is 24.0 Å². The molecular formula is C21H35IN4O. The lowest BCUT2D eigenvalue weighted by atomic mass is 9.87. The molecule has 1 amide bonds. The maximum Gasteiger partial charge on any atom is 0.251 e. The first kappa shape index (κ1) is 23.7. The summed E-state index contributed by atoms with van der Waals surface area (Å²) in [5, 5.41) is 6.09. The predicted octanol–water partition coefficient (Wildman–Crippen LogP) is 3.89. The number of carbonyl (C=O) groups is 1. The topological polar surface area (TPSA) is 56.7 Å². The lowest BCUT2D eigenvalue weighted by molar-refractivity contribution is 0.0963. The van der Waals surface area contributed by atoms with Crippen LogP contribution >= 0.6 is 24.0 Å². The van der Waals surface area contributed by atoms with Crippen molar-refractivity contribution in [2.75, 3.05) is 26.7 Å². The zero-order valence-corrected chi connectivity index (χ0v) is 19.5. The lowest BCUT2D eigenvalue weighted by Crippen LogP contribution is -2.40. The minimum atomic E-state index is -0.0575. The zero-order valence-electron chi connectivity index (χ0n) is 17.1. The standard InChI is InChI=1S/C21H34N4O.HI/c1-5-17(6-2)19-12-13-25(15-19)21(23-7-3)24-14-16-8-10-18(11-9-16)20(26)22-4;/h8-11,17,19H,5-7,12-15H2,1-4H3,(H,22,26)(H,23,24);1H. The highest BCUT2D eigenvalue weighted by Gasteiger charge is 2.29. The summed E-state index contributed by atoms with van der Waals surface area (Å²) in [4.78, 5) is 18.9. The van der Waals surface area contributed by atoms with Gasteiger partial charge < -0.3 is 15.5 Å². The van der Waals surface area contributed by atoms with Crippen molar-refractivity contribution >= 4 is 35.8 Å². The monoisotopic (exact) mass is 486 g/mol. The molecule has 0 radical (unpaired) electrons. The van der Waals surface area contributed by atoms with Crippen molar-refractivity contribution in [1.29, 1.82) is 0 Å². The molecule has 1 aromatic rings. The van der Waals surface area contributed by atoms with Gasteiger partial charge in [-0.05, 0) is 42.9 Å². The lowest BCUT2D eigenvalue weighted by Gasteiger charge is -2.24. The van der Waals surface area contributed by atoms with Gasteiger partial charge in [0, 0.05) is 32.2 Å². The highest BCUT2D eigenvalue weighted by Crippen LogP contribution is 2.28. The Morgan fingerprint density at radius 3 is 2.44 bits per heavy atom. The molecule has 152 valence electrons. The average molecular weight is 486 g/mol. The van der Waals surface area contributed by atoms with Crippen molar-refractivity contribution in [2.24, 2.45) is 16.8 Å². The first-order valence-corrected chi connectivity index (χ1v) is 9.97. The summed E-state index contributed by atoms with van der Waals surface area (Å²) < 4.78 is 0. The van der Waals surface area contributed by atoms with Gasteiger partial charge in [0.05, 0.1) is 6.54 Å². The molecule has 0 saturated carbocycles. The predicted molar refractivity (Wildman–Crippen MR) is 124 cm³/mol. The highest BCUT2D eigenvalue weighted by molar-refractivity contribution is 14.0. The number of nitrogens with zero attached hydrogens (tertiary/aromatic N) is 2. The molecule has 0 aromatic heterocycles. The van der Waals surface area contributed by atoms with Crippen LogP contribution in [0.15, 0.2) is 29.3 Å². The van der Waals surface area contributed by atoms with E-state index in [1.807, 2.05) is 24.3 Å². The first-order valence-electron chi connectivity index (χ1n) is 9.97. The molecule has 1 heterocycles. The maximum absolute atomic E-state index is 11.6. The van der Waals surface area contributed by atoms with E-state index in [0.717, 1.165) is 43.0 Å². The Kier molecular flexibility index (Phi) is 10.7. The van der Waals surface area contributed by atoms with Crippen LogP contribution in [0.5, 0.6) is 0 Å². The van der Waals surface area contributed by atoms with Crippen molar-refractivity contribution in [3.8, 4) is 0 Å². The number of hydrogen-bond donors (Lipinski definition) is 2. The third-order valence-corrected chi connectivity index (χ3v) is 5.43. The number of benzene rings is 1. The van der Waals surface area contributed by atoms with Crippen LogP contribution in [0.3, 0.4) is 0 Å². The highest BCUT2D eigenvalue weighted by atomic mass is 127. The second-order valence-corrected chi connectivity index (χ2v) is 7.02. The Morgan fingerprint density at radius 2 is 1.89 bits per heavy atom. The zero-order chi connectivity index (χ0) is 18.9. The molecule has 0 spiro atoms. The van der Waals surface area contributed by atoms with Crippen molar-refractivity contribution in [3.05, 3.63) is 35.4 Å². The van der Waals surface area contributed by atoms with E-state index in [1.165, 1.54) is 19.3 Å². The number of halogens is 1. The van der Waals surface area contributed by atoms with E-state index in [1.54, 1.807) is 7.05 Å². The molecular weight excluding hydrogens is 451 g/mol. The van der Waals surface area contributed by atoms with Gasteiger partial charge >= 0.3 is 0 Å². The molecule has 1 aliphatic heterocycles.